The molecule has 12 heteroatoms. The Balaban J connectivity index is 1.72. The number of methoxy groups -OCH3 is 1. The lowest BCUT2D eigenvalue weighted by atomic mass is 9.87. The molecular formula is C28H29Cl2IN2O7. The molecule has 3 atom stereocenters. The molecule has 0 bridgehead atoms. The molecule has 0 saturated heterocycles. The van der Waals surface area contributed by atoms with Crippen LogP contribution in [0.15, 0.2) is 42.0 Å². The first-order chi connectivity index (χ1) is 19.2. The number of carbonyl (C=O) groups excluding carboxylic acids is 3. The summed E-state index contributed by atoms with van der Waals surface area (Å²) in [5.41, 5.74) is 1.41. The number of aliphatic hydroxyl groups excluding tert-OH is 2. The van der Waals surface area contributed by atoms with E-state index in [0.717, 1.165) is 18.4 Å². The van der Waals surface area contributed by atoms with Gasteiger partial charge in [-0.15, -0.1) is 0 Å². The van der Waals surface area contributed by atoms with Crippen molar-refractivity contribution in [2.75, 3.05) is 20.3 Å². The Hall–Kier alpha value is -2.38. The maximum absolute atomic E-state index is 13.6. The van der Waals surface area contributed by atoms with E-state index in [9.17, 15) is 24.6 Å². The largest absolute Gasteiger partial charge is 0.493 e. The van der Waals surface area contributed by atoms with Crippen molar-refractivity contribution in [3.8, 4) is 11.5 Å². The number of aldehydes is 1. The van der Waals surface area contributed by atoms with Crippen LogP contribution >= 0.6 is 45.8 Å². The number of hydrogen-bond acceptors (Lipinski definition) is 7. The molecule has 2 aliphatic rings. The molecule has 40 heavy (non-hydrogen) atoms. The van der Waals surface area contributed by atoms with E-state index in [1.54, 1.807) is 29.2 Å². The van der Waals surface area contributed by atoms with E-state index < -0.39 is 24.2 Å². The number of nitrogens with zero attached hydrogens (tertiary/aromatic N) is 1. The number of amides is 2. The number of halogens is 3. The molecule has 3 N–H and O–H groups in total. The molecule has 0 heterocycles. The van der Waals surface area contributed by atoms with Gasteiger partial charge in [0.15, 0.2) is 11.5 Å². The summed E-state index contributed by atoms with van der Waals surface area (Å²) >= 11 is 14.3. The smallest absolute Gasteiger partial charge is 0.247 e. The molecule has 1 saturated carbocycles. The molecule has 2 aromatic rings. The second-order valence-corrected chi connectivity index (χ2v) is 11.6. The van der Waals surface area contributed by atoms with Gasteiger partial charge in [0.05, 0.1) is 33.4 Å². The lowest BCUT2D eigenvalue weighted by molar-refractivity contribution is -0.140. The van der Waals surface area contributed by atoms with E-state index in [1.807, 2.05) is 22.6 Å². The molecule has 3 unspecified atom stereocenters. The van der Waals surface area contributed by atoms with E-state index in [1.165, 1.54) is 19.3 Å². The molecule has 0 aromatic heterocycles. The summed E-state index contributed by atoms with van der Waals surface area (Å²) in [4.78, 5) is 39.5. The lowest BCUT2D eigenvalue weighted by Gasteiger charge is -2.41. The second kappa shape index (κ2) is 13.5. The number of nitrogens with one attached hydrogen (secondary N) is 1. The number of aliphatic hydroxyl groups is 2. The van der Waals surface area contributed by atoms with Crippen LogP contribution < -0.4 is 14.8 Å². The first-order valence-electron chi connectivity index (χ1n) is 12.7. The van der Waals surface area contributed by atoms with E-state index in [-0.39, 0.29) is 49.4 Å². The number of ether oxygens (including phenoxy) is 2. The Kier molecular flexibility index (Phi) is 10.3. The first-order valence-corrected chi connectivity index (χ1v) is 14.5. The molecule has 0 aliphatic heterocycles. The molecule has 2 amide bonds. The summed E-state index contributed by atoms with van der Waals surface area (Å²) < 4.78 is 12.2. The molecular weight excluding hydrogens is 674 g/mol. The van der Waals surface area contributed by atoms with E-state index in [0.29, 0.717) is 31.0 Å². The van der Waals surface area contributed by atoms with Crippen LogP contribution in [-0.4, -0.2) is 71.7 Å². The Morgan fingerprint density at radius 1 is 1.20 bits per heavy atom. The van der Waals surface area contributed by atoms with Gasteiger partial charge in [-0.25, -0.2) is 0 Å². The third-order valence-electron chi connectivity index (χ3n) is 6.80. The Morgan fingerprint density at radius 2 is 1.95 bits per heavy atom. The molecule has 2 aliphatic carbocycles. The van der Waals surface area contributed by atoms with Gasteiger partial charge in [0.25, 0.3) is 0 Å². The maximum atomic E-state index is 13.6. The SMILES string of the molecule is COc1cc(C=O)cc(I)c1OC1C=C(C(=O)NCCO)CC(N(Cc2ccc(Cl)c(Cl)c2)C(=O)C2CC2)C1O. The van der Waals surface area contributed by atoms with Gasteiger partial charge in [-0.05, 0) is 71.3 Å². The summed E-state index contributed by atoms with van der Waals surface area (Å²) in [6.07, 6.45) is 1.52. The van der Waals surface area contributed by atoms with Crippen molar-refractivity contribution in [3.63, 3.8) is 0 Å². The van der Waals surface area contributed by atoms with Crippen LogP contribution in [0.3, 0.4) is 0 Å². The second-order valence-electron chi connectivity index (χ2n) is 9.66. The molecule has 214 valence electrons. The van der Waals surface area contributed by atoms with E-state index in [2.05, 4.69) is 5.32 Å². The fraction of sp³-hybridized carbons (Fsp3) is 0.393. The fourth-order valence-electron chi connectivity index (χ4n) is 4.60. The zero-order valence-electron chi connectivity index (χ0n) is 21.6. The monoisotopic (exact) mass is 702 g/mol. The molecule has 2 aromatic carbocycles. The number of hydrogen-bond donors (Lipinski definition) is 3. The summed E-state index contributed by atoms with van der Waals surface area (Å²) in [7, 11) is 1.43. The van der Waals surface area contributed by atoms with Gasteiger partial charge in [-0.1, -0.05) is 29.3 Å². The highest BCUT2D eigenvalue weighted by Gasteiger charge is 2.44. The standard InChI is InChI=1S/C28H29Cl2IN2O7/c1-39-24-10-16(14-35)9-21(31)26(24)40-23-12-18(27(37)32-6-7-34)11-22(25(23)36)33(28(38)17-3-4-17)13-15-2-5-19(29)20(30)8-15/h2,5,8-10,12,14,17,22-23,25,34,36H,3-4,6-7,11,13H2,1H3,(H,32,37). The van der Waals surface area contributed by atoms with E-state index >= 15 is 0 Å². The molecule has 1 fully saturated rings. The third-order valence-corrected chi connectivity index (χ3v) is 8.34. The highest BCUT2D eigenvalue weighted by molar-refractivity contribution is 14.1. The lowest BCUT2D eigenvalue weighted by Crippen LogP contribution is -2.55. The summed E-state index contributed by atoms with van der Waals surface area (Å²) in [5, 5.41) is 24.2. The van der Waals surface area contributed by atoms with Crippen LogP contribution in [0, 0.1) is 9.49 Å². The third kappa shape index (κ3) is 7.09. The Morgan fingerprint density at radius 3 is 2.58 bits per heavy atom. The highest BCUT2D eigenvalue weighted by atomic mass is 127. The number of benzene rings is 2. The summed E-state index contributed by atoms with van der Waals surface area (Å²) in [6.45, 7) is -0.0595. The minimum Gasteiger partial charge on any atom is -0.493 e. The molecule has 9 nitrogen and oxygen atoms in total. The van der Waals surface area contributed by atoms with Crippen molar-refractivity contribution in [3.05, 3.63) is 66.7 Å². The van der Waals surface area contributed by atoms with Gasteiger partial charge in [-0.2, -0.15) is 0 Å². The van der Waals surface area contributed by atoms with Crippen molar-refractivity contribution < 1.29 is 34.1 Å². The van der Waals surface area contributed by atoms with Gasteiger partial charge in [0.2, 0.25) is 11.8 Å². The van der Waals surface area contributed by atoms with Crippen LogP contribution in [0.25, 0.3) is 0 Å². The average molecular weight is 703 g/mol. The van der Waals surface area contributed by atoms with Crippen molar-refractivity contribution in [1.29, 1.82) is 0 Å². The van der Waals surface area contributed by atoms with E-state index in [4.69, 9.17) is 32.7 Å². The quantitative estimate of drug-likeness (QED) is 0.241. The van der Waals surface area contributed by atoms with Gasteiger partial charge >= 0.3 is 0 Å². The predicted octanol–water partition coefficient (Wildman–Crippen LogP) is 3.77. The fourth-order valence-corrected chi connectivity index (χ4v) is 5.67. The number of carbonyl (C=O) groups is 3. The zero-order valence-corrected chi connectivity index (χ0v) is 25.3. The van der Waals surface area contributed by atoms with Gasteiger partial charge in [-0.3, -0.25) is 14.4 Å². The van der Waals surface area contributed by atoms with Crippen LogP contribution in [0.4, 0.5) is 0 Å². The molecule has 0 radical (unpaired) electrons. The predicted molar refractivity (Wildman–Crippen MR) is 158 cm³/mol. The van der Waals surface area contributed by atoms with Crippen LogP contribution in [0.2, 0.25) is 10.0 Å². The maximum Gasteiger partial charge on any atom is 0.247 e. The summed E-state index contributed by atoms with van der Waals surface area (Å²) in [6, 6.07) is 7.40. The van der Waals surface area contributed by atoms with Crippen LogP contribution in [0.5, 0.6) is 11.5 Å². The van der Waals surface area contributed by atoms with Crippen LogP contribution in [-0.2, 0) is 16.1 Å². The van der Waals surface area contributed by atoms with Gasteiger partial charge in [0.1, 0.15) is 18.5 Å². The zero-order chi connectivity index (χ0) is 29.0. The number of rotatable bonds is 11. The minimum absolute atomic E-state index is 0.0434. The molecule has 0 spiro atoms. The average Bonchev–Trinajstić information content (AvgIpc) is 3.79. The Bertz CT molecular complexity index is 1320. The van der Waals surface area contributed by atoms with Crippen molar-refractivity contribution >= 4 is 63.9 Å². The first kappa shape index (κ1) is 30.6. The van der Waals surface area contributed by atoms with Gasteiger partial charge < -0.3 is 29.9 Å². The van der Waals surface area contributed by atoms with Crippen LogP contribution in [0.1, 0.15) is 35.2 Å². The topological polar surface area (TPSA) is 125 Å². The Labute approximate surface area is 255 Å². The van der Waals surface area contributed by atoms with Gasteiger partial charge in [0, 0.05) is 36.6 Å². The van der Waals surface area contributed by atoms with Crippen molar-refractivity contribution in [2.24, 2.45) is 5.92 Å². The van der Waals surface area contributed by atoms with Crippen molar-refractivity contribution in [2.45, 2.75) is 44.1 Å². The van der Waals surface area contributed by atoms with Crippen molar-refractivity contribution in [1.82, 2.24) is 10.2 Å². The minimum atomic E-state index is -1.22. The highest BCUT2D eigenvalue weighted by Crippen LogP contribution is 2.39. The normalized spacial score (nSPS) is 20.4. The molecule has 4 rings (SSSR count). The summed E-state index contributed by atoms with van der Waals surface area (Å²) in [5.74, 6) is -0.165.